The van der Waals surface area contributed by atoms with Gasteiger partial charge in [0.1, 0.15) is 0 Å². The number of carbonyl (C=O) groups is 2. The summed E-state index contributed by atoms with van der Waals surface area (Å²) in [4.78, 5) is 20.5. The molecular formula is C4H2Br2O4. The molecule has 0 aromatic rings. The Balaban J connectivity index is 3.75. The Hall–Kier alpha value is -0.360. The van der Waals surface area contributed by atoms with Crippen LogP contribution in [0.5, 0.6) is 0 Å². The lowest BCUT2D eigenvalue weighted by molar-refractivity contribution is -0.129. The molecule has 0 atom stereocenters. The highest BCUT2D eigenvalue weighted by molar-refractivity contribution is 9.06. The quantitative estimate of drug-likeness (QED) is 0.711. The fourth-order valence-corrected chi connectivity index (χ4v) is 0.403. The summed E-state index contributed by atoms with van der Waals surface area (Å²) in [6.07, 6.45) is 1.83. The van der Waals surface area contributed by atoms with Crippen molar-refractivity contribution in [3.63, 3.8) is 0 Å². The van der Waals surface area contributed by atoms with Crippen LogP contribution >= 0.6 is 32.5 Å². The van der Waals surface area contributed by atoms with Gasteiger partial charge in [-0.15, -0.1) is 0 Å². The van der Waals surface area contributed by atoms with Crippen molar-refractivity contribution in [3.05, 3.63) is 12.2 Å². The molecule has 56 valence electrons. The minimum Gasteiger partial charge on any atom is -0.380 e. The van der Waals surface area contributed by atoms with Crippen LogP contribution in [0.1, 0.15) is 0 Å². The zero-order chi connectivity index (χ0) is 7.98. The molecule has 0 bridgehead atoms. The zero-order valence-corrected chi connectivity index (χ0v) is 7.72. The summed E-state index contributed by atoms with van der Waals surface area (Å²) < 4.78 is 8.02. The molecule has 0 radical (unpaired) electrons. The van der Waals surface area contributed by atoms with Crippen LogP contribution in [0.4, 0.5) is 0 Å². The first kappa shape index (κ1) is 9.64. The predicted molar refractivity (Wildman–Crippen MR) is 39.2 cm³/mol. The lowest BCUT2D eigenvalue weighted by atomic mass is 10.5. The van der Waals surface area contributed by atoms with Gasteiger partial charge in [-0.3, -0.25) is 0 Å². The van der Waals surface area contributed by atoms with Gasteiger partial charge < -0.3 is 7.66 Å². The Morgan fingerprint density at radius 1 is 1.00 bits per heavy atom. The van der Waals surface area contributed by atoms with Crippen molar-refractivity contribution in [1.82, 2.24) is 0 Å². The average molecular weight is 274 g/mol. The summed E-state index contributed by atoms with van der Waals surface area (Å²) >= 11 is 4.84. The minimum absolute atomic E-state index is 0.682. The molecule has 0 N–H and O–H groups in total. The Bertz CT molecular complexity index is 147. The Labute approximate surface area is 74.1 Å². The summed E-state index contributed by atoms with van der Waals surface area (Å²) in [5, 5.41) is 0. The first-order chi connectivity index (χ1) is 4.70. The van der Waals surface area contributed by atoms with Crippen molar-refractivity contribution >= 4 is 44.5 Å². The summed E-state index contributed by atoms with van der Waals surface area (Å²) in [7, 11) is 0. The first-order valence-electron chi connectivity index (χ1n) is 2.04. The molecule has 0 saturated carbocycles. The molecule has 0 spiro atoms. The van der Waals surface area contributed by atoms with Gasteiger partial charge in [-0.1, -0.05) is 0 Å². The number of hydrogen-bond acceptors (Lipinski definition) is 4. The Morgan fingerprint density at radius 2 is 1.30 bits per heavy atom. The monoisotopic (exact) mass is 272 g/mol. The van der Waals surface area contributed by atoms with Crippen LogP contribution in [-0.4, -0.2) is 11.9 Å². The van der Waals surface area contributed by atoms with Crippen molar-refractivity contribution < 1.29 is 17.2 Å². The summed E-state index contributed by atoms with van der Waals surface area (Å²) in [5.41, 5.74) is 0. The van der Waals surface area contributed by atoms with E-state index in [4.69, 9.17) is 0 Å². The topological polar surface area (TPSA) is 52.6 Å². The molecule has 6 heteroatoms. The van der Waals surface area contributed by atoms with E-state index in [0.717, 1.165) is 12.2 Å². The van der Waals surface area contributed by atoms with Crippen LogP contribution in [-0.2, 0) is 17.2 Å². The van der Waals surface area contributed by atoms with E-state index in [1.165, 1.54) is 0 Å². The van der Waals surface area contributed by atoms with Crippen molar-refractivity contribution in [1.29, 1.82) is 0 Å². The van der Waals surface area contributed by atoms with Crippen molar-refractivity contribution in [3.8, 4) is 0 Å². The molecule has 0 aliphatic heterocycles. The number of hydrogen-bond donors (Lipinski definition) is 0. The van der Waals surface area contributed by atoms with E-state index in [2.05, 4.69) is 40.2 Å². The van der Waals surface area contributed by atoms with Gasteiger partial charge in [-0.2, -0.15) is 0 Å². The van der Waals surface area contributed by atoms with Crippen molar-refractivity contribution in [2.24, 2.45) is 0 Å². The van der Waals surface area contributed by atoms with E-state index in [0.29, 0.717) is 0 Å². The molecule has 0 rings (SSSR count). The van der Waals surface area contributed by atoms with Gasteiger partial charge >= 0.3 is 11.9 Å². The Morgan fingerprint density at radius 3 is 1.50 bits per heavy atom. The second-order valence-corrected chi connectivity index (χ2v) is 1.77. The summed E-state index contributed by atoms with van der Waals surface area (Å²) in [6, 6.07) is 0. The molecule has 0 saturated heterocycles. The van der Waals surface area contributed by atoms with E-state index in [1.807, 2.05) is 0 Å². The smallest absolute Gasteiger partial charge is 0.342 e. The number of halogens is 2. The number of carbonyl (C=O) groups excluding carboxylic acids is 2. The highest BCUT2D eigenvalue weighted by Gasteiger charge is 1.96. The van der Waals surface area contributed by atoms with Crippen LogP contribution in [0.2, 0.25) is 0 Å². The van der Waals surface area contributed by atoms with E-state index in [1.54, 1.807) is 0 Å². The fraction of sp³-hybridized carbons (Fsp3) is 0. The molecule has 10 heavy (non-hydrogen) atoms. The standard InChI is InChI=1S/C4H2Br2O4/c5-9-3(7)1-2-4(8)10-6/h1-2H. The van der Waals surface area contributed by atoms with Gasteiger partial charge in [0, 0.05) is 12.2 Å². The molecule has 0 aromatic carbocycles. The van der Waals surface area contributed by atoms with E-state index in [-0.39, 0.29) is 0 Å². The van der Waals surface area contributed by atoms with Gasteiger partial charge in [0.15, 0.2) is 32.5 Å². The van der Waals surface area contributed by atoms with Crippen LogP contribution in [0.25, 0.3) is 0 Å². The molecular weight excluding hydrogens is 272 g/mol. The zero-order valence-electron chi connectivity index (χ0n) is 4.54. The van der Waals surface area contributed by atoms with Gasteiger partial charge in [0.2, 0.25) is 0 Å². The fourth-order valence-electron chi connectivity index (χ4n) is 0.188. The second-order valence-electron chi connectivity index (χ2n) is 1.13. The van der Waals surface area contributed by atoms with Gasteiger partial charge in [-0.05, 0) is 0 Å². The SMILES string of the molecule is O=C(C=CC(=O)OBr)OBr. The van der Waals surface area contributed by atoms with Gasteiger partial charge in [-0.25, -0.2) is 9.59 Å². The third kappa shape index (κ3) is 4.51. The lowest BCUT2D eigenvalue weighted by Gasteiger charge is -1.85. The molecule has 0 amide bonds. The molecule has 0 unspecified atom stereocenters. The molecule has 0 aliphatic carbocycles. The average Bonchev–Trinajstić information content (AvgIpc) is 1.99. The normalized spacial score (nSPS) is 9.40. The summed E-state index contributed by atoms with van der Waals surface area (Å²) in [5.74, 6) is -1.36. The minimum atomic E-state index is -0.682. The van der Waals surface area contributed by atoms with Crippen LogP contribution < -0.4 is 0 Å². The first-order valence-corrected chi connectivity index (χ1v) is 3.33. The van der Waals surface area contributed by atoms with Crippen LogP contribution in [0.3, 0.4) is 0 Å². The maximum atomic E-state index is 10.3. The highest BCUT2D eigenvalue weighted by Crippen LogP contribution is 1.91. The largest absolute Gasteiger partial charge is 0.380 e. The highest BCUT2D eigenvalue weighted by atomic mass is 79.9. The lowest BCUT2D eigenvalue weighted by Crippen LogP contribution is -1.94. The van der Waals surface area contributed by atoms with Crippen LogP contribution in [0, 0.1) is 0 Å². The molecule has 0 aromatic heterocycles. The van der Waals surface area contributed by atoms with Gasteiger partial charge in [0.05, 0.1) is 0 Å². The number of rotatable bonds is 2. The third-order valence-electron chi connectivity index (χ3n) is 0.508. The maximum absolute atomic E-state index is 10.3. The third-order valence-corrected chi connectivity index (χ3v) is 1.15. The molecule has 0 heterocycles. The van der Waals surface area contributed by atoms with E-state index >= 15 is 0 Å². The van der Waals surface area contributed by atoms with Crippen molar-refractivity contribution in [2.75, 3.05) is 0 Å². The Kier molecular flexibility index (Phi) is 5.23. The molecule has 0 fully saturated rings. The molecule has 4 nitrogen and oxygen atoms in total. The van der Waals surface area contributed by atoms with Crippen molar-refractivity contribution in [2.45, 2.75) is 0 Å². The summed E-state index contributed by atoms with van der Waals surface area (Å²) in [6.45, 7) is 0. The second kappa shape index (κ2) is 5.43. The van der Waals surface area contributed by atoms with Gasteiger partial charge in [0.25, 0.3) is 0 Å². The van der Waals surface area contributed by atoms with Crippen LogP contribution in [0.15, 0.2) is 12.2 Å². The maximum Gasteiger partial charge on any atom is 0.342 e. The molecule has 0 aliphatic rings. The van der Waals surface area contributed by atoms with E-state index in [9.17, 15) is 9.59 Å². The van der Waals surface area contributed by atoms with E-state index < -0.39 is 11.9 Å². The predicted octanol–water partition coefficient (Wildman–Crippen LogP) is 1.25.